The van der Waals surface area contributed by atoms with Gasteiger partial charge in [-0.05, 0) is 63.9 Å². The molecule has 0 unspecified atom stereocenters. The van der Waals surface area contributed by atoms with Crippen LogP contribution in [0.5, 0.6) is 0 Å². The summed E-state index contributed by atoms with van der Waals surface area (Å²) in [4.78, 5) is 4.30. The van der Waals surface area contributed by atoms with E-state index in [1.807, 2.05) is 6.92 Å². The van der Waals surface area contributed by atoms with Crippen LogP contribution in [0.1, 0.15) is 66.7 Å². The van der Waals surface area contributed by atoms with E-state index in [4.69, 9.17) is 5.11 Å². The lowest BCUT2D eigenvalue weighted by Crippen LogP contribution is -2.19. The van der Waals surface area contributed by atoms with Gasteiger partial charge in [-0.25, -0.2) is 0 Å². The van der Waals surface area contributed by atoms with E-state index in [0.29, 0.717) is 12.0 Å². The minimum Gasteiger partial charge on any atom is -0.394 e. The van der Waals surface area contributed by atoms with Gasteiger partial charge in [0.25, 0.3) is 0 Å². The van der Waals surface area contributed by atoms with Gasteiger partial charge in [0.15, 0.2) is 0 Å². The fourth-order valence-electron chi connectivity index (χ4n) is 3.12. The predicted octanol–water partition coefficient (Wildman–Crippen LogP) is 5.25. The highest BCUT2D eigenvalue weighted by Crippen LogP contribution is 2.40. The molecule has 0 fully saturated rings. The van der Waals surface area contributed by atoms with Crippen LogP contribution in [0.3, 0.4) is 0 Å². The van der Waals surface area contributed by atoms with E-state index in [1.165, 1.54) is 30.4 Å². The highest BCUT2D eigenvalue weighted by atomic mass is 16.3. The Kier molecular flexibility index (Phi) is 7.81. The van der Waals surface area contributed by atoms with Gasteiger partial charge < -0.3 is 5.11 Å². The Balaban J connectivity index is 2.60. The van der Waals surface area contributed by atoms with Crippen molar-refractivity contribution in [2.45, 2.75) is 66.7 Å². The molecule has 0 spiro atoms. The van der Waals surface area contributed by atoms with Gasteiger partial charge in [-0.2, -0.15) is 0 Å². The Morgan fingerprint density at radius 1 is 1.32 bits per heavy atom. The average Bonchev–Trinajstić information content (AvgIpc) is 2.43. The zero-order chi connectivity index (χ0) is 16.6. The van der Waals surface area contributed by atoms with Crippen LogP contribution in [-0.4, -0.2) is 24.0 Å². The van der Waals surface area contributed by atoms with Crippen LogP contribution in [0.25, 0.3) is 0 Å². The van der Waals surface area contributed by atoms with E-state index in [2.05, 4.69) is 50.9 Å². The summed E-state index contributed by atoms with van der Waals surface area (Å²) in [6, 6.07) is 0. The first-order chi connectivity index (χ1) is 10.4. The molecule has 0 heterocycles. The molecule has 0 atom stereocenters. The number of aliphatic hydroxyl groups is 1. The van der Waals surface area contributed by atoms with Gasteiger partial charge >= 0.3 is 0 Å². The minimum absolute atomic E-state index is 0.138. The molecule has 1 rings (SSSR count). The predicted molar refractivity (Wildman–Crippen MR) is 97.5 cm³/mol. The third kappa shape index (κ3) is 6.31. The molecule has 1 N–H and O–H groups in total. The second-order valence-electron chi connectivity index (χ2n) is 7.09. The number of rotatable bonds is 7. The van der Waals surface area contributed by atoms with Crippen LogP contribution in [0.2, 0.25) is 0 Å². The first kappa shape index (κ1) is 18.9. The molecule has 1 aliphatic carbocycles. The van der Waals surface area contributed by atoms with E-state index < -0.39 is 0 Å². The van der Waals surface area contributed by atoms with Crippen LogP contribution >= 0.6 is 0 Å². The molecular weight excluding hydrogens is 270 g/mol. The molecule has 1 aliphatic rings. The highest BCUT2D eigenvalue weighted by Gasteiger charge is 2.26. The van der Waals surface area contributed by atoms with E-state index in [1.54, 1.807) is 5.57 Å². The number of aliphatic hydroxyl groups excluding tert-OH is 1. The number of allylic oxidation sites excluding steroid dienone is 6. The molecular formula is C20H33NO. The van der Waals surface area contributed by atoms with Crippen molar-refractivity contribution in [3.8, 4) is 0 Å². The van der Waals surface area contributed by atoms with Crippen LogP contribution < -0.4 is 0 Å². The van der Waals surface area contributed by atoms with Gasteiger partial charge in [-0.1, -0.05) is 43.2 Å². The molecule has 0 radical (unpaired) electrons. The van der Waals surface area contributed by atoms with E-state index in [-0.39, 0.29) is 6.61 Å². The maximum atomic E-state index is 8.75. The molecule has 0 aliphatic heterocycles. The van der Waals surface area contributed by atoms with Crippen molar-refractivity contribution in [2.75, 3.05) is 13.2 Å². The monoisotopic (exact) mass is 303 g/mol. The Morgan fingerprint density at radius 3 is 2.68 bits per heavy atom. The Bertz CT molecular complexity index is 478. The van der Waals surface area contributed by atoms with Gasteiger partial charge in [0.05, 0.1) is 13.2 Å². The highest BCUT2D eigenvalue weighted by molar-refractivity contribution is 5.81. The molecule has 124 valence electrons. The zero-order valence-corrected chi connectivity index (χ0v) is 15.1. The van der Waals surface area contributed by atoms with Crippen molar-refractivity contribution in [2.24, 2.45) is 10.4 Å². The second-order valence-corrected chi connectivity index (χ2v) is 7.09. The summed E-state index contributed by atoms with van der Waals surface area (Å²) in [5.41, 5.74) is 5.82. The van der Waals surface area contributed by atoms with Gasteiger partial charge in [-0.15, -0.1) is 0 Å². The van der Waals surface area contributed by atoms with Gasteiger partial charge in [0, 0.05) is 5.71 Å². The summed E-state index contributed by atoms with van der Waals surface area (Å²) in [7, 11) is 0. The Hall–Kier alpha value is -1.15. The van der Waals surface area contributed by atoms with Crippen molar-refractivity contribution in [3.05, 3.63) is 34.9 Å². The first-order valence-electron chi connectivity index (χ1n) is 8.52. The minimum atomic E-state index is 0.138. The number of nitrogens with zero attached hydrogens (tertiary/aromatic N) is 1. The second kappa shape index (κ2) is 9.09. The van der Waals surface area contributed by atoms with E-state index >= 15 is 0 Å². The summed E-state index contributed by atoms with van der Waals surface area (Å²) in [6.45, 7) is 11.9. The third-order valence-electron chi connectivity index (χ3n) is 4.51. The third-order valence-corrected chi connectivity index (χ3v) is 4.51. The average molecular weight is 303 g/mol. The molecule has 0 bridgehead atoms. The molecule has 0 aromatic carbocycles. The smallest absolute Gasteiger partial charge is 0.0626 e. The maximum Gasteiger partial charge on any atom is 0.0626 e. The number of aliphatic imine (C=N–C) groups is 1. The Morgan fingerprint density at radius 2 is 2.05 bits per heavy atom. The normalized spacial score (nSPS) is 20.1. The number of hydrogen-bond donors (Lipinski definition) is 1. The molecule has 0 amide bonds. The fraction of sp³-hybridized carbons (Fsp3) is 0.650. The van der Waals surface area contributed by atoms with Crippen molar-refractivity contribution >= 4 is 5.71 Å². The van der Waals surface area contributed by atoms with Gasteiger partial charge in [-0.3, -0.25) is 4.99 Å². The lowest BCUT2D eigenvalue weighted by atomic mass is 9.72. The van der Waals surface area contributed by atoms with Crippen LogP contribution in [-0.2, 0) is 0 Å². The quantitative estimate of drug-likeness (QED) is 0.505. The standard InChI is InChI=1S/C20H33NO/c1-16(8-6-10-18(3)21-14-15-22)11-12-19-17(2)9-7-13-20(19,4)5/h8,11-12,22H,6-7,9-10,13-15H2,1-5H3/b12-11+,16-8+,21-18?. The van der Waals surface area contributed by atoms with E-state index in [0.717, 1.165) is 18.6 Å². The lowest BCUT2D eigenvalue weighted by Gasteiger charge is -2.32. The molecule has 22 heavy (non-hydrogen) atoms. The van der Waals surface area contributed by atoms with Crippen molar-refractivity contribution < 1.29 is 5.11 Å². The number of hydrogen-bond acceptors (Lipinski definition) is 2. The van der Waals surface area contributed by atoms with Crippen LogP contribution in [0.4, 0.5) is 0 Å². The summed E-state index contributed by atoms with van der Waals surface area (Å²) < 4.78 is 0. The lowest BCUT2D eigenvalue weighted by molar-refractivity contribution is 0.307. The molecule has 0 aromatic rings. The first-order valence-corrected chi connectivity index (χ1v) is 8.52. The molecule has 2 nitrogen and oxygen atoms in total. The SMILES string of the molecule is CC(CC/C=C(C)/C=C/C1=C(C)CCCC1(C)C)=NCCO. The maximum absolute atomic E-state index is 8.75. The van der Waals surface area contributed by atoms with Crippen LogP contribution in [0, 0.1) is 5.41 Å². The van der Waals surface area contributed by atoms with Crippen LogP contribution in [0.15, 0.2) is 39.9 Å². The van der Waals surface area contributed by atoms with E-state index in [9.17, 15) is 0 Å². The summed E-state index contributed by atoms with van der Waals surface area (Å²) in [5, 5.41) is 8.75. The molecule has 2 heteroatoms. The van der Waals surface area contributed by atoms with Crippen molar-refractivity contribution in [3.63, 3.8) is 0 Å². The van der Waals surface area contributed by atoms with Crippen molar-refractivity contribution in [1.82, 2.24) is 0 Å². The topological polar surface area (TPSA) is 32.6 Å². The van der Waals surface area contributed by atoms with Gasteiger partial charge in [0.2, 0.25) is 0 Å². The molecule has 0 aromatic heterocycles. The summed E-state index contributed by atoms with van der Waals surface area (Å²) >= 11 is 0. The van der Waals surface area contributed by atoms with Crippen molar-refractivity contribution in [1.29, 1.82) is 0 Å². The molecule has 0 saturated heterocycles. The largest absolute Gasteiger partial charge is 0.394 e. The molecule has 0 saturated carbocycles. The van der Waals surface area contributed by atoms with Gasteiger partial charge in [0.1, 0.15) is 0 Å². The summed E-state index contributed by atoms with van der Waals surface area (Å²) in [6.07, 6.45) is 12.7. The Labute approximate surface area is 136 Å². The zero-order valence-electron chi connectivity index (χ0n) is 15.1. The fourth-order valence-corrected chi connectivity index (χ4v) is 3.12. The summed E-state index contributed by atoms with van der Waals surface area (Å²) in [5.74, 6) is 0.